The molecular weight excluding hydrogens is 376 g/mol. The highest BCUT2D eigenvalue weighted by molar-refractivity contribution is 6.05. The van der Waals surface area contributed by atoms with E-state index in [-0.39, 0.29) is 5.91 Å². The van der Waals surface area contributed by atoms with Crippen LogP contribution in [0.4, 0.5) is 23.0 Å². The van der Waals surface area contributed by atoms with E-state index in [1.165, 1.54) is 0 Å². The van der Waals surface area contributed by atoms with Crippen LogP contribution in [-0.2, 0) is 13.6 Å². The van der Waals surface area contributed by atoms with E-state index in [1.807, 2.05) is 73.3 Å². The third kappa shape index (κ3) is 3.91. The van der Waals surface area contributed by atoms with E-state index >= 15 is 0 Å². The molecule has 0 atom stereocenters. The quantitative estimate of drug-likeness (QED) is 0.366. The predicted octanol–water partition coefficient (Wildman–Crippen LogP) is 4.06. The summed E-state index contributed by atoms with van der Waals surface area (Å²) in [6.45, 7) is 0.644. The molecule has 0 spiro atoms. The summed E-state index contributed by atoms with van der Waals surface area (Å²) < 4.78 is 2.02. The molecule has 7 nitrogen and oxygen atoms in total. The Bertz CT molecular complexity index is 1200. The summed E-state index contributed by atoms with van der Waals surface area (Å²) in [5.74, 6) is 0.640. The van der Waals surface area contributed by atoms with Crippen molar-refractivity contribution in [3.63, 3.8) is 0 Å². The van der Waals surface area contributed by atoms with E-state index in [0.29, 0.717) is 23.5 Å². The normalized spacial score (nSPS) is 10.7. The van der Waals surface area contributed by atoms with Gasteiger partial charge in [-0.25, -0.2) is 4.98 Å². The van der Waals surface area contributed by atoms with Gasteiger partial charge in [-0.05, 0) is 48.0 Å². The van der Waals surface area contributed by atoms with Crippen LogP contribution in [0, 0.1) is 0 Å². The number of aromatic nitrogens is 2. The number of nitrogens with two attached hydrogens (primary N) is 1. The van der Waals surface area contributed by atoms with Crippen molar-refractivity contribution < 1.29 is 4.79 Å². The lowest BCUT2D eigenvalue weighted by molar-refractivity contribution is 0.102. The average molecular weight is 400 g/mol. The van der Waals surface area contributed by atoms with E-state index in [2.05, 4.69) is 20.9 Å². The summed E-state index contributed by atoms with van der Waals surface area (Å²) in [5, 5.41) is 9.33. The lowest BCUT2D eigenvalue weighted by atomic mass is 10.1. The van der Waals surface area contributed by atoms with Crippen LogP contribution in [0.3, 0.4) is 0 Å². The van der Waals surface area contributed by atoms with Gasteiger partial charge in [0.2, 0.25) is 5.95 Å². The maximum absolute atomic E-state index is 12.4. The molecule has 0 aliphatic heterocycles. The highest BCUT2D eigenvalue weighted by Crippen LogP contribution is 2.22. The van der Waals surface area contributed by atoms with E-state index in [0.717, 1.165) is 28.2 Å². The molecule has 0 saturated heterocycles. The summed E-state index contributed by atoms with van der Waals surface area (Å²) >= 11 is 0. The van der Waals surface area contributed by atoms with Crippen molar-refractivity contribution in [2.45, 2.75) is 6.54 Å². The Morgan fingerprint density at radius 3 is 2.57 bits per heavy atom. The number of amides is 1. The molecule has 0 aliphatic carbocycles. The minimum absolute atomic E-state index is 0.187. The number of hydrogen-bond donors (Lipinski definition) is 4. The summed E-state index contributed by atoms with van der Waals surface area (Å²) in [5.41, 5.74) is 11.7. The van der Waals surface area contributed by atoms with E-state index in [4.69, 9.17) is 5.73 Å². The van der Waals surface area contributed by atoms with Crippen molar-refractivity contribution in [1.29, 1.82) is 0 Å². The minimum atomic E-state index is -0.187. The molecule has 0 fully saturated rings. The monoisotopic (exact) mass is 400 g/mol. The highest BCUT2D eigenvalue weighted by Gasteiger charge is 2.09. The molecule has 7 heteroatoms. The maximum Gasteiger partial charge on any atom is 0.255 e. The lowest BCUT2D eigenvalue weighted by Crippen LogP contribution is -2.13. The van der Waals surface area contributed by atoms with Crippen LogP contribution in [-0.4, -0.2) is 22.5 Å². The third-order valence-corrected chi connectivity index (χ3v) is 5.03. The third-order valence-electron chi connectivity index (χ3n) is 5.03. The zero-order valence-corrected chi connectivity index (χ0v) is 16.9. The van der Waals surface area contributed by atoms with Crippen molar-refractivity contribution in [3.05, 3.63) is 77.9 Å². The number of rotatable bonds is 6. The second kappa shape index (κ2) is 8.16. The van der Waals surface area contributed by atoms with Crippen molar-refractivity contribution in [3.8, 4) is 0 Å². The van der Waals surface area contributed by atoms with Gasteiger partial charge in [0.25, 0.3) is 5.91 Å². The molecule has 3 aromatic carbocycles. The van der Waals surface area contributed by atoms with Gasteiger partial charge >= 0.3 is 0 Å². The summed E-state index contributed by atoms with van der Waals surface area (Å²) in [6, 6.07) is 20.8. The molecular formula is C23H24N6O. The zero-order valence-electron chi connectivity index (χ0n) is 16.9. The number of benzene rings is 3. The molecule has 0 bridgehead atoms. The fraction of sp³-hybridized carbons (Fsp3) is 0.130. The molecule has 1 heterocycles. The Kier molecular flexibility index (Phi) is 5.26. The fourth-order valence-corrected chi connectivity index (χ4v) is 3.32. The zero-order chi connectivity index (χ0) is 21.1. The van der Waals surface area contributed by atoms with Gasteiger partial charge in [0.05, 0.1) is 22.4 Å². The van der Waals surface area contributed by atoms with Crippen LogP contribution >= 0.6 is 0 Å². The topological polar surface area (TPSA) is 97.0 Å². The molecule has 0 saturated carbocycles. The Hall–Kier alpha value is -4.00. The van der Waals surface area contributed by atoms with Gasteiger partial charge in [-0.2, -0.15) is 0 Å². The van der Waals surface area contributed by atoms with Gasteiger partial charge in [0, 0.05) is 31.9 Å². The van der Waals surface area contributed by atoms with Crippen LogP contribution in [0.15, 0.2) is 66.7 Å². The average Bonchev–Trinajstić information content (AvgIpc) is 3.09. The van der Waals surface area contributed by atoms with E-state index in [9.17, 15) is 4.79 Å². The molecule has 4 rings (SSSR count). The van der Waals surface area contributed by atoms with Gasteiger partial charge in [0.1, 0.15) is 0 Å². The standard InChI is InChI=1S/C23H24N6O/c1-25-23-28-20-13-17(11-12-21(20)29(23)2)26-14-15-7-9-16(10-8-15)22(30)27-19-6-4-3-5-18(19)24/h3-13,26H,14,24H2,1-2H3,(H,25,28)(H,27,30). The molecule has 5 N–H and O–H groups in total. The van der Waals surface area contributed by atoms with Crippen LogP contribution in [0.1, 0.15) is 15.9 Å². The number of nitrogens with zero attached hydrogens (tertiary/aromatic N) is 2. The minimum Gasteiger partial charge on any atom is -0.397 e. The Morgan fingerprint density at radius 2 is 1.83 bits per heavy atom. The van der Waals surface area contributed by atoms with Gasteiger partial charge < -0.3 is 26.3 Å². The summed E-state index contributed by atoms with van der Waals surface area (Å²) in [6.07, 6.45) is 0. The van der Waals surface area contributed by atoms with Gasteiger partial charge in [-0.15, -0.1) is 0 Å². The number of fused-ring (bicyclic) bond motifs is 1. The van der Waals surface area contributed by atoms with Crippen molar-refractivity contribution in [2.24, 2.45) is 7.05 Å². The van der Waals surface area contributed by atoms with Crippen LogP contribution in [0.25, 0.3) is 11.0 Å². The number of nitrogens with one attached hydrogen (secondary N) is 3. The maximum atomic E-state index is 12.4. The van der Waals surface area contributed by atoms with E-state index in [1.54, 1.807) is 12.1 Å². The number of para-hydroxylation sites is 2. The number of carbonyl (C=O) groups excluding carboxylic acids is 1. The second-order valence-electron chi connectivity index (χ2n) is 7.04. The lowest BCUT2D eigenvalue weighted by Gasteiger charge is -2.09. The Morgan fingerprint density at radius 1 is 1.07 bits per heavy atom. The first-order valence-corrected chi connectivity index (χ1v) is 9.68. The molecule has 0 unspecified atom stereocenters. The first kappa shape index (κ1) is 19.3. The summed E-state index contributed by atoms with van der Waals surface area (Å²) in [4.78, 5) is 17.0. The SMILES string of the molecule is CNc1nc2cc(NCc3ccc(C(=O)Nc4ccccc4N)cc3)ccc2n1C. The van der Waals surface area contributed by atoms with Gasteiger partial charge in [-0.3, -0.25) is 4.79 Å². The number of anilines is 4. The summed E-state index contributed by atoms with van der Waals surface area (Å²) in [7, 11) is 3.84. The van der Waals surface area contributed by atoms with Crippen molar-refractivity contribution in [1.82, 2.24) is 9.55 Å². The number of aryl methyl sites for hydroxylation is 1. The number of imidazole rings is 1. The number of nitrogen functional groups attached to an aromatic ring is 1. The molecule has 30 heavy (non-hydrogen) atoms. The molecule has 0 radical (unpaired) electrons. The van der Waals surface area contributed by atoms with Crippen LogP contribution in [0.2, 0.25) is 0 Å². The predicted molar refractivity (Wildman–Crippen MR) is 123 cm³/mol. The van der Waals surface area contributed by atoms with Crippen molar-refractivity contribution in [2.75, 3.05) is 28.7 Å². The first-order valence-electron chi connectivity index (χ1n) is 9.68. The van der Waals surface area contributed by atoms with Crippen molar-refractivity contribution >= 4 is 40.0 Å². The highest BCUT2D eigenvalue weighted by atomic mass is 16.1. The Labute approximate surface area is 174 Å². The number of carbonyl (C=O) groups is 1. The number of hydrogen-bond acceptors (Lipinski definition) is 5. The first-order chi connectivity index (χ1) is 14.5. The second-order valence-corrected chi connectivity index (χ2v) is 7.04. The van der Waals surface area contributed by atoms with Crippen LogP contribution in [0.5, 0.6) is 0 Å². The molecule has 1 aromatic heterocycles. The fourth-order valence-electron chi connectivity index (χ4n) is 3.32. The largest absolute Gasteiger partial charge is 0.397 e. The smallest absolute Gasteiger partial charge is 0.255 e. The van der Waals surface area contributed by atoms with Crippen LogP contribution < -0.4 is 21.7 Å². The van der Waals surface area contributed by atoms with Gasteiger partial charge in [-0.1, -0.05) is 24.3 Å². The molecule has 4 aromatic rings. The molecule has 0 aliphatic rings. The Balaban J connectivity index is 1.40. The van der Waals surface area contributed by atoms with E-state index < -0.39 is 0 Å². The molecule has 152 valence electrons. The molecule has 1 amide bonds. The van der Waals surface area contributed by atoms with Gasteiger partial charge in [0.15, 0.2) is 0 Å².